The molecule has 1 aliphatic heterocycles. The Balaban J connectivity index is 1.75. The Morgan fingerprint density at radius 1 is 1.40 bits per heavy atom. The van der Waals surface area contributed by atoms with Crippen molar-refractivity contribution in [3.8, 4) is 0 Å². The Bertz CT molecular complexity index is 446. The van der Waals surface area contributed by atoms with Crippen molar-refractivity contribution in [2.45, 2.75) is 38.3 Å². The molecule has 2 unspecified atom stereocenters. The van der Waals surface area contributed by atoms with Crippen LogP contribution in [0.25, 0.3) is 0 Å². The Morgan fingerprint density at radius 3 is 2.70 bits per heavy atom. The van der Waals surface area contributed by atoms with Crippen molar-refractivity contribution < 1.29 is 9.53 Å². The van der Waals surface area contributed by atoms with Crippen molar-refractivity contribution in [1.29, 1.82) is 0 Å². The highest BCUT2D eigenvalue weighted by atomic mass is 79.9. The Hall–Kier alpha value is -0.710. The lowest BCUT2D eigenvalue weighted by Crippen LogP contribution is -2.37. The second-order valence-electron chi connectivity index (χ2n) is 5.45. The Labute approximate surface area is 129 Å². The SMILES string of the molecule is CC1OCCC1N(C)CCCC(=O)c1ccc(Br)cc1. The van der Waals surface area contributed by atoms with Crippen molar-refractivity contribution in [2.24, 2.45) is 0 Å². The van der Waals surface area contributed by atoms with Crippen LogP contribution >= 0.6 is 15.9 Å². The van der Waals surface area contributed by atoms with Crippen LogP contribution in [0.2, 0.25) is 0 Å². The molecule has 1 fully saturated rings. The van der Waals surface area contributed by atoms with E-state index in [4.69, 9.17) is 4.74 Å². The lowest BCUT2D eigenvalue weighted by Gasteiger charge is -2.26. The van der Waals surface area contributed by atoms with Crippen LogP contribution in [0, 0.1) is 0 Å². The average Bonchev–Trinajstić information content (AvgIpc) is 2.85. The quantitative estimate of drug-likeness (QED) is 0.742. The third kappa shape index (κ3) is 4.14. The molecule has 0 bridgehead atoms. The molecule has 1 aromatic carbocycles. The van der Waals surface area contributed by atoms with Gasteiger partial charge in [-0.15, -0.1) is 0 Å². The van der Waals surface area contributed by atoms with Crippen LogP contribution in [-0.4, -0.2) is 43.0 Å². The standard InChI is InChI=1S/C16H22BrNO2/c1-12-15(9-11-20-12)18(2)10-3-4-16(19)13-5-7-14(17)8-6-13/h5-8,12,15H,3-4,9-11H2,1-2H3. The smallest absolute Gasteiger partial charge is 0.162 e. The largest absolute Gasteiger partial charge is 0.377 e. The molecule has 1 saturated heterocycles. The average molecular weight is 340 g/mol. The second kappa shape index (κ2) is 7.34. The molecule has 2 atom stereocenters. The van der Waals surface area contributed by atoms with E-state index in [9.17, 15) is 4.79 Å². The third-order valence-electron chi connectivity index (χ3n) is 3.98. The number of ether oxygens (including phenoxy) is 1. The number of rotatable bonds is 6. The zero-order chi connectivity index (χ0) is 14.5. The van der Waals surface area contributed by atoms with E-state index in [1.807, 2.05) is 24.3 Å². The van der Waals surface area contributed by atoms with Gasteiger partial charge in [0.05, 0.1) is 6.10 Å². The first-order valence-electron chi connectivity index (χ1n) is 7.18. The summed E-state index contributed by atoms with van der Waals surface area (Å²) in [5, 5.41) is 0. The van der Waals surface area contributed by atoms with Gasteiger partial charge in [-0.05, 0) is 45.5 Å². The van der Waals surface area contributed by atoms with E-state index in [1.54, 1.807) is 0 Å². The zero-order valence-electron chi connectivity index (χ0n) is 12.1. The summed E-state index contributed by atoms with van der Waals surface area (Å²) in [5.74, 6) is 0.224. The van der Waals surface area contributed by atoms with Gasteiger partial charge >= 0.3 is 0 Å². The normalized spacial score (nSPS) is 22.4. The van der Waals surface area contributed by atoms with Gasteiger partial charge in [-0.2, -0.15) is 0 Å². The van der Waals surface area contributed by atoms with Crippen LogP contribution in [0.1, 0.15) is 36.5 Å². The summed E-state index contributed by atoms with van der Waals surface area (Å²) in [6, 6.07) is 8.08. The molecule has 110 valence electrons. The fourth-order valence-corrected chi connectivity index (χ4v) is 3.00. The van der Waals surface area contributed by atoms with E-state index in [2.05, 4.69) is 34.8 Å². The van der Waals surface area contributed by atoms with Crippen LogP contribution < -0.4 is 0 Å². The number of benzene rings is 1. The van der Waals surface area contributed by atoms with E-state index < -0.39 is 0 Å². The fourth-order valence-electron chi connectivity index (χ4n) is 2.73. The van der Waals surface area contributed by atoms with Gasteiger partial charge < -0.3 is 9.64 Å². The molecule has 20 heavy (non-hydrogen) atoms. The Morgan fingerprint density at radius 2 is 2.10 bits per heavy atom. The molecule has 0 spiro atoms. The summed E-state index contributed by atoms with van der Waals surface area (Å²) in [6.45, 7) is 3.93. The van der Waals surface area contributed by atoms with Gasteiger partial charge in [-0.3, -0.25) is 4.79 Å². The molecule has 0 radical (unpaired) electrons. The molecule has 4 heteroatoms. The summed E-state index contributed by atoms with van der Waals surface area (Å²) >= 11 is 3.38. The van der Waals surface area contributed by atoms with Crippen molar-refractivity contribution in [3.63, 3.8) is 0 Å². The minimum absolute atomic E-state index is 0.224. The molecule has 3 nitrogen and oxygen atoms in total. The molecule has 1 aromatic rings. The molecule has 0 aromatic heterocycles. The number of hydrogen-bond donors (Lipinski definition) is 0. The van der Waals surface area contributed by atoms with Crippen LogP contribution in [0.3, 0.4) is 0 Å². The summed E-state index contributed by atoms with van der Waals surface area (Å²) in [6.07, 6.45) is 2.91. The number of carbonyl (C=O) groups excluding carboxylic acids is 1. The van der Waals surface area contributed by atoms with Crippen molar-refractivity contribution >= 4 is 21.7 Å². The van der Waals surface area contributed by atoms with Crippen LogP contribution in [0.15, 0.2) is 28.7 Å². The summed E-state index contributed by atoms with van der Waals surface area (Å²) in [7, 11) is 2.12. The minimum atomic E-state index is 0.224. The highest BCUT2D eigenvalue weighted by molar-refractivity contribution is 9.10. The van der Waals surface area contributed by atoms with E-state index in [-0.39, 0.29) is 5.78 Å². The number of carbonyl (C=O) groups is 1. The van der Waals surface area contributed by atoms with Gasteiger partial charge in [0.1, 0.15) is 0 Å². The molecule has 0 N–H and O–H groups in total. The molecule has 1 aliphatic rings. The van der Waals surface area contributed by atoms with Crippen molar-refractivity contribution in [3.05, 3.63) is 34.3 Å². The number of hydrogen-bond acceptors (Lipinski definition) is 3. The summed E-state index contributed by atoms with van der Waals surface area (Å²) in [5.41, 5.74) is 0.799. The maximum atomic E-state index is 12.1. The number of Topliss-reactive ketones (excluding diaryl/α,β-unsaturated/α-hetero) is 1. The summed E-state index contributed by atoms with van der Waals surface area (Å²) < 4.78 is 6.59. The minimum Gasteiger partial charge on any atom is -0.377 e. The molecular formula is C16H22BrNO2. The molecule has 0 amide bonds. The van der Waals surface area contributed by atoms with Gasteiger partial charge in [0.15, 0.2) is 5.78 Å². The fraction of sp³-hybridized carbons (Fsp3) is 0.562. The zero-order valence-corrected chi connectivity index (χ0v) is 13.7. The van der Waals surface area contributed by atoms with E-state index in [1.165, 1.54) is 0 Å². The van der Waals surface area contributed by atoms with Crippen LogP contribution in [0.5, 0.6) is 0 Å². The molecular weight excluding hydrogens is 318 g/mol. The summed E-state index contributed by atoms with van der Waals surface area (Å²) in [4.78, 5) is 14.4. The number of likely N-dealkylation sites (N-methyl/N-ethyl adjacent to an activating group) is 1. The van der Waals surface area contributed by atoms with Crippen molar-refractivity contribution in [2.75, 3.05) is 20.2 Å². The molecule has 0 aliphatic carbocycles. The second-order valence-corrected chi connectivity index (χ2v) is 6.36. The van der Waals surface area contributed by atoms with Crippen LogP contribution in [0.4, 0.5) is 0 Å². The van der Waals surface area contributed by atoms with E-state index in [0.29, 0.717) is 18.6 Å². The topological polar surface area (TPSA) is 29.5 Å². The van der Waals surface area contributed by atoms with Crippen molar-refractivity contribution in [1.82, 2.24) is 4.90 Å². The Kier molecular flexibility index (Phi) is 5.75. The highest BCUT2D eigenvalue weighted by Crippen LogP contribution is 2.19. The maximum Gasteiger partial charge on any atom is 0.162 e. The first-order valence-corrected chi connectivity index (χ1v) is 7.98. The molecule has 1 heterocycles. The lowest BCUT2D eigenvalue weighted by atomic mass is 10.1. The number of nitrogens with zero attached hydrogens (tertiary/aromatic N) is 1. The van der Waals surface area contributed by atoms with Gasteiger partial charge in [0.2, 0.25) is 0 Å². The third-order valence-corrected chi connectivity index (χ3v) is 4.51. The van der Waals surface area contributed by atoms with E-state index in [0.717, 1.165) is 36.0 Å². The molecule has 0 saturated carbocycles. The predicted octanol–water partition coefficient (Wildman–Crippen LogP) is 3.52. The molecule has 2 rings (SSSR count). The predicted molar refractivity (Wildman–Crippen MR) is 84.2 cm³/mol. The highest BCUT2D eigenvalue weighted by Gasteiger charge is 2.27. The van der Waals surface area contributed by atoms with Gasteiger partial charge in [-0.25, -0.2) is 0 Å². The van der Waals surface area contributed by atoms with Crippen LogP contribution in [-0.2, 0) is 4.74 Å². The first kappa shape index (κ1) is 15.7. The maximum absolute atomic E-state index is 12.1. The van der Waals surface area contributed by atoms with Gasteiger partial charge in [-0.1, -0.05) is 28.1 Å². The van der Waals surface area contributed by atoms with E-state index >= 15 is 0 Å². The monoisotopic (exact) mass is 339 g/mol. The van der Waals surface area contributed by atoms with Gasteiger partial charge in [0, 0.05) is 29.1 Å². The lowest BCUT2D eigenvalue weighted by molar-refractivity contribution is 0.0821. The number of ketones is 1. The number of halogens is 1. The van der Waals surface area contributed by atoms with Gasteiger partial charge in [0.25, 0.3) is 0 Å². The first-order chi connectivity index (χ1) is 9.58.